The number of non-ortho nitro benzene ring substituents is 2. The maximum Gasteiger partial charge on any atom is 0.271 e. The predicted octanol–water partition coefficient (Wildman–Crippen LogP) is 3.14. The van der Waals surface area contributed by atoms with E-state index in [-0.39, 0.29) is 11.4 Å². The second kappa shape index (κ2) is 3.77. The van der Waals surface area contributed by atoms with Crippen LogP contribution in [-0.2, 0) is 0 Å². The summed E-state index contributed by atoms with van der Waals surface area (Å²) in [6.07, 6.45) is 0. The van der Waals surface area contributed by atoms with Crippen molar-refractivity contribution in [3.8, 4) is 0 Å². The monoisotopic (exact) mass is 257 g/mol. The maximum atomic E-state index is 10.8. The fraction of sp³-hybridized carbons (Fsp3) is 0. The summed E-state index contributed by atoms with van der Waals surface area (Å²) >= 11 is 0. The van der Waals surface area contributed by atoms with Crippen molar-refractivity contribution in [2.75, 3.05) is 0 Å². The van der Waals surface area contributed by atoms with Crippen LogP contribution >= 0.6 is 0 Å². The van der Waals surface area contributed by atoms with Crippen molar-refractivity contribution < 1.29 is 9.85 Å². The molecule has 19 heavy (non-hydrogen) atoms. The number of nitro benzene ring substituents is 2. The summed E-state index contributed by atoms with van der Waals surface area (Å²) in [5.41, 5.74) is 1.27. The third kappa shape index (κ3) is 1.68. The molecular formula is C12H7N3O4. The Hall–Kier alpha value is -2.96. The normalized spacial score (nSPS) is 10.9. The van der Waals surface area contributed by atoms with Crippen LogP contribution in [0, 0.1) is 20.2 Å². The van der Waals surface area contributed by atoms with Crippen molar-refractivity contribution in [1.82, 2.24) is 4.98 Å². The van der Waals surface area contributed by atoms with Gasteiger partial charge in [0.25, 0.3) is 11.4 Å². The Balaban J connectivity index is 2.33. The van der Waals surface area contributed by atoms with Crippen LogP contribution in [0.15, 0.2) is 36.4 Å². The number of benzene rings is 2. The van der Waals surface area contributed by atoms with Gasteiger partial charge in [0.15, 0.2) is 0 Å². The summed E-state index contributed by atoms with van der Waals surface area (Å²) in [7, 11) is 0. The lowest BCUT2D eigenvalue weighted by molar-refractivity contribution is -0.384. The number of rotatable bonds is 2. The molecule has 0 aliphatic rings. The minimum Gasteiger partial charge on any atom is -0.354 e. The number of nitro groups is 2. The molecule has 0 radical (unpaired) electrons. The molecule has 3 aromatic rings. The molecule has 7 heteroatoms. The van der Waals surface area contributed by atoms with Crippen LogP contribution < -0.4 is 0 Å². The lowest BCUT2D eigenvalue weighted by atomic mass is 10.1. The Labute approximate surface area is 105 Å². The first-order valence-corrected chi connectivity index (χ1v) is 5.40. The molecule has 0 spiro atoms. The van der Waals surface area contributed by atoms with Crippen LogP contribution in [0.4, 0.5) is 11.4 Å². The molecule has 0 amide bonds. The van der Waals surface area contributed by atoms with Crippen molar-refractivity contribution in [3.63, 3.8) is 0 Å². The quantitative estimate of drug-likeness (QED) is 0.562. The molecule has 1 aromatic heterocycles. The third-order valence-electron chi connectivity index (χ3n) is 2.99. The Bertz CT molecular complexity index is 837. The van der Waals surface area contributed by atoms with Gasteiger partial charge >= 0.3 is 0 Å². The van der Waals surface area contributed by atoms with E-state index in [1.165, 1.54) is 24.3 Å². The smallest absolute Gasteiger partial charge is 0.271 e. The molecule has 0 fully saturated rings. The molecule has 0 aliphatic carbocycles. The van der Waals surface area contributed by atoms with Crippen molar-refractivity contribution in [1.29, 1.82) is 0 Å². The van der Waals surface area contributed by atoms with Crippen LogP contribution in [0.1, 0.15) is 0 Å². The van der Waals surface area contributed by atoms with Crippen molar-refractivity contribution in [2.24, 2.45) is 0 Å². The molecule has 0 aliphatic heterocycles. The molecule has 1 N–H and O–H groups in total. The highest BCUT2D eigenvalue weighted by molar-refractivity contribution is 6.08. The van der Waals surface area contributed by atoms with E-state index in [0.717, 1.165) is 5.39 Å². The van der Waals surface area contributed by atoms with Crippen LogP contribution in [0.5, 0.6) is 0 Å². The number of nitrogens with zero attached hydrogens (tertiary/aromatic N) is 2. The number of nitrogens with one attached hydrogen (secondary N) is 1. The zero-order chi connectivity index (χ0) is 13.6. The van der Waals surface area contributed by atoms with Gasteiger partial charge in [-0.15, -0.1) is 0 Å². The van der Waals surface area contributed by atoms with Gasteiger partial charge in [0, 0.05) is 40.6 Å². The molecule has 0 bridgehead atoms. The Morgan fingerprint density at radius 3 is 2.11 bits per heavy atom. The van der Waals surface area contributed by atoms with E-state index in [4.69, 9.17) is 0 Å². The molecular weight excluding hydrogens is 250 g/mol. The summed E-state index contributed by atoms with van der Waals surface area (Å²) in [5, 5.41) is 22.9. The topological polar surface area (TPSA) is 102 Å². The standard InChI is InChI=1S/C12H7N3O4/c16-14(17)7-2-4-11-10(5-7)9-3-1-8(15(18)19)6-12(9)13-11/h1-6,13H. The van der Waals surface area contributed by atoms with Crippen molar-refractivity contribution in [2.45, 2.75) is 0 Å². The highest BCUT2D eigenvalue weighted by atomic mass is 16.6. The van der Waals surface area contributed by atoms with Gasteiger partial charge in [-0.2, -0.15) is 0 Å². The van der Waals surface area contributed by atoms with E-state index in [0.29, 0.717) is 16.4 Å². The van der Waals surface area contributed by atoms with Gasteiger partial charge in [-0.05, 0) is 12.1 Å². The highest BCUT2D eigenvalue weighted by Crippen LogP contribution is 2.30. The third-order valence-corrected chi connectivity index (χ3v) is 2.99. The summed E-state index contributed by atoms with van der Waals surface area (Å²) in [6.45, 7) is 0. The van der Waals surface area contributed by atoms with Gasteiger partial charge in [-0.3, -0.25) is 20.2 Å². The molecule has 2 aromatic carbocycles. The zero-order valence-corrected chi connectivity index (χ0v) is 9.49. The first kappa shape index (κ1) is 11.1. The Morgan fingerprint density at radius 2 is 1.42 bits per heavy atom. The van der Waals surface area contributed by atoms with E-state index >= 15 is 0 Å². The summed E-state index contributed by atoms with van der Waals surface area (Å²) in [4.78, 5) is 23.5. The van der Waals surface area contributed by atoms with Crippen LogP contribution in [0.2, 0.25) is 0 Å². The number of aromatic nitrogens is 1. The second-order valence-electron chi connectivity index (χ2n) is 4.10. The van der Waals surface area contributed by atoms with Crippen LogP contribution in [0.3, 0.4) is 0 Å². The largest absolute Gasteiger partial charge is 0.354 e. The summed E-state index contributed by atoms with van der Waals surface area (Å²) < 4.78 is 0. The molecule has 0 unspecified atom stereocenters. The minimum absolute atomic E-state index is 0.00764. The number of hydrogen-bond acceptors (Lipinski definition) is 4. The molecule has 0 saturated carbocycles. The predicted molar refractivity (Wildman–Crippen MR) is 69.1 cm³/mol. The zero-order valence-electron chi connectivity index (χ0n) is 9.49. The van der Waals surface area contributed by atoms with Gasteiger partial charge in [0.1, 0.15) is 0 Å². The molecule has 0 saturated heterocycles. The van der Waals surface area contributed by atoms with Gasteiger partial charge in [-0.1, -0.05) is 0 Å². The molecule has 0 atom stereocenters. The minimum atomic E-state index is -0.479. The second-order valence-corrected chi connectivity index (χ2v) is 4.10. The van der Waals surface area contributed by atoms with E-state index in [1.807, 2.05) is 0 Å². The Morgan fingerprint density at radius 1 is 0.789 bits per heavy atom. The van der Waals surface area contributed by atoms with E-state index in [9.17, 15) is 20.2 Å². The van der Waals surface area contributed by atoms with Gasteiger partial charge in [-0.25, -0.2) is 0 Å². The molecule has 94 valence electrons. The average Bonchev–Trinajstić information content (AvgIpc) is 2.74. The first-order valence-electron chi connectivity index (χ1n) is 5.40. The summed E-state index contributed by atoms with van der Waals surface area (Å²) in [6, 6.07) is 8.84. The Kier molecular flexibility index (Phi) is 2.21. The number of fused-ring (bicyclic) bond motifs is 3. The SMILES string of the molecule is O=[N+]([O-])c1ccc2c(c1)[nH]c1ccc([N+](=O)[O-])cc12. The average molecular weight is 257 g/mol. The van der Waals surface area contributed by atoms with Crippen molar-refractivity contribution >= 4 is 33.2 Å². The number of hydrogen-bond donors (Lipinski definition) is 1. The number of H-pyrrole nitrogens is 1. The van der Waals surface area contributed by atoms with Gasteiger partial charge < -0.3 is 4.98 Å². The molecule has 1 heterocycles. The highest BCUT2D eigenvalue weighted by Gasteiger charge is 2.13. The van der Waals surface area contributed by atoms with E-state index in [1.54, 1.807) is 12.1 Å². The lowest BCUT2D eigenvalue weighted by Crippen LogP contribution is -1.86. The number of aromatic amines is 1. The fourth-order valence-corrected chi connectivity index (χ4v) is 2.11. The fourth-order valence-electron chi connectivity index (χ4n) is 2.11. The van der Waals surface area contributed by atoms with Crippen LogP contribution in [0.25, 0.3) is 21.8 Å². The maximum absolute atomic E-state index is 10.8. The van der Waals surface area contributed by atoms with Gasteiger partial charge in [0.05, 0.1) is 15.4 Å². The molecule has 3 rings (SSSR count). The first-order chi connectivity index (χ1) is 9.06. The van der Waals surface area contributed by atoms with E-state index < -0.39 is 9.85 Å². The molecule has 7 nitrogen and oxygen atoms in total. The van der Waals surface area contributed by atoms with Crippen molar-refractivity contribution in [3.05, 3.63) is 56.6 Å². The summed E-state index contributed by atoms with van der Waals surface area (Å²) in [5.74, 6) is 0. The van der Waals surface area contributed by atoms with Crippen LogP contribution in [-0.4, -0.2) is 14.8 Å². The van der Waals surface area contributed by atoms with E-state index in [2.05, 4.69) is 4.98 Å². The lowest BCUT2D eigenvalue weighted by Gasteiger charge is -1.93. The van der Waals surface area contributed by atoms with Gasteiger partial charge in [0.2, 0.25) is 0 Å².